The summed E-state index contributed by atoms with van der Waals surface area (Å²) >= 11 is 2.79. The molecule has 3 amide bonds. The highest BCUT2D eigenvalue weighted by molar-refractivity contribution is 8.00. The molecule has 1 atom stereocenters. The van der Waals surface area contributed by atoms with Crippen molar-refractivity contribution in [1.29, 1.82) is 0 Å². The fourth-order valence-electron chi connectivity index (χ4n) is 5.24. The number of ether oxygens (including phenoxy) is 1. The number of esters is 1. The van der Waals surface area contributed by atoms with E-state index in [1.165, 1.54) is 23.1 Å². The lowest BCUT2D eigenvalue weighted by atomic mass is 9.95. The molecule has 1 aromatic heterocycles. The zero-order chi connectivity index (χ0) is 33.3. The number of benzene rings is 3. The number of hydrogen-bond acceptors (Lipinski definition) is 7. The second-order valence-corrected chi connectivity index (χ2v) is 13.6. The fourth-order valence-corrected chi connectivity index (χ4v) is 7.44. The molecule has 4 aromatic rings. The quantitative estimate of drug-likeness (QED) is 0.0861. The van der Waals surface area contributed by atoms with E-state index < -0.39 is 23.0 Å². The van der Waals surface area contributed by atoms with Gasteiger partial charge in [-0.15, -0.1) is 23.1 Å². The molecule has 1 heterocycles. The average Bonchev–Trinajstić information content (AvgIpc) is 3.43. The van der Waals surface area contributed by atoms with Crippen LogP contribution in [-0.4, -0.2) is 35.5 Å². The minimum atomic E-state index is -0.503. The summed E-state index contributed by atoms with van der Waals surface area (Å²) in [6, 6.07) is 23.5. The number of amides is 3. The van der Waals surface area contributed by atoms with E-state index in [2.05, 4.69) is 16.0 Å². The largest absolute Gasteiger partial charge is 0.462 e. The van der Waals surface area contributed by atoms with Gasteiger partial charge in [-0.1, -0.05) is 48.5 Å². The van der Waals surface area contributed by atoms with Gasteiger partial charge in [-0.3, -0.25) is 14.4 Å². The van der Waals surface area contributed by atoms with Gasteiger partial charge in [0.15, 0.2) is 0 Å². The van der Waals surface area contributed by atoms with Crippen molar-refractivity contribution in [1.82, 2.24) is 5.32 Å². The number of rotatable bonds is 11. The van der Waals surface area contributed by atoms with Gasteiger partial charge in [0.25, 0.3) is 11.8 Å². The Kier molecular flexibility index (Phi) is 11.3. The van der Waals surface area contributed by atoms with Crippen molar-refractivity contribution in [2.75, 3.05) is 17.2 Å². The molecule has 0 spiro atoms. The van der Waals surface area contributed by atoms with Crippen LogP contribution in [0.4, 0.5) is 10.7 Å². The third-order valence-electron chi connectivity index (χ3n) is 7.68. The van der Waals surface area contributed by atoms with Gasteiger partial charge in [0.1, 0.15) is 10.7 Å². The summed E-state index contributed by atoms with van der Waals surface area (Å²) in [5.74, 6) is -1.52. The van der Waals surface area contributed by atoms with Crippen LogP contribution in [0.3, 0.4) is 0 Å². The van der Waals surface area contributed by atoms with Crippen molar-refractivity contribution >= 4 is 63.6 Å². The van der Waals surface area contributed by atoms with Crippen LogP contribution in [-0.2, 0) is 27.2 Å². The number of hydrogen-bond donors (Lipinski definition) is 3. The second-order valence-electron chi connectivity index (χ2n) is 11.1. The van der Waals surface area contributed by atoms with E-state index in [4.69, 9.17) is 4.74 Å². The van der Waals surface area contributed by atoms with Crippen molar-refractivity contribution in [2.24, 2.45) is 0 Å². The Morgan fingerprint density at radius 3 is 2.45 bits per heavy atom. The standard InChI is InChI=1S/C37H37N3O5S2/c1-4-45-37(44)32-29-19-10-11-20-31(29)47-36(32)40-33(41)24(3)46-28-18-12-17-27(22-28)38-35(43)30(21-26-16-9-8-13-23(26)2)39-34(42)25-14-6-5-7-15-25/h5-9,12-18,21-22,24H,4,10-11,19-20H2,1-3H3,(H,38,43)(H,39,42)(H,40,41)/b30-21-. The Bertz CT molecular complexity index is 1820. The van der Waals surface area contributed by atoms with Crippen LogP contribution >= 0.6 is 23.1 Å². The predicted octanol–water partition coefficient (Wildman–Crippen LogP) is 7.64. The van der Waals surface area contributed by atoms with E-state index in [1.54, 1.807) is 62.4 Å². The Balaban J connectivity index is 1.30. The summed E-state index contributed by atoms with van der Waals surface area (Å²) in [5, 5.41) is 8.69. The minimum Gasteiger partial charge on any atom is -0.462 e. The molecule has 5 rings (SSSR count). The van der Waals surface area contributed by atoms with Crippen LogP contribution in [0.15, 0.2) is 89.5 Å². The van der Waals surface area contributed by atoms with Crippen LogP contribution in [0.5, 0.6) is 0 Å². The summed E-state index contributed by atoms with van der Waals surface area (Å²) in [5.41, 5.74) is 4.26. The van der Waals surface area contributed by atoms with E-state index in [9.17, 15) is 19.2 Å². The first-order chi connectivity index (χ1) is 22.7. The fraction of sp³-hybridized carbons (Fsp3) is 0.243. The first kappa shape index (κ1) is 33.7. The van der Waals surface area contributed by atoms with Gasteiger partial charge in [-0.05, 0) is 99.6 Å². The molecule has 0 saturated carbocycles. The molecule has 242 valence electrons. The summed E-state index contributed by atoms with van der Waals surface area (Å²) < 4.78 is 5.32. The van der Waals surface area contributed by atoms with Crippen molar-refractivity contribution in [3.8, 4) is 0 Å². The van der Waals surface area contributed by atoms with E-state index in [1.807, 2.05) is 43.3 Å². The van der Waals surface area contributed by atoms with Gasteiger partial charge in [0.2, 0.25) is 5.91 Å². The number of thiophene rings is 1. The molecule has 3 N–H and O–H groups in total. The highest BCUT2D eigenvalue weighted by Crippen LogP contribution is 2.39. The maximum absolute atomic E-state index is 13.6. The summed E-state index contributed by atoms with van der Waals surface area (Å²) in [6.07, 6.45) is 5.42. The van der Waals surface area contributed by atoms with E-state index in [-0.39, 0.29) is 18.2 Å². The Hall–Kier alpha value is -4.67. The first-order valence-corrected chi connectivity index (χ1v) is 17.3. The smallest absolute Gasteiger partial charge is 0.341 e. The predicted molar refractivity (Wildman–Crippen MR) is 189 cm³/mol. The van der Waals surface area contributed by atoms with Gasteiger partial charge >= 0.3 is 5.97 Å². The SMILES string of the molecule is CCOC(=O)c1c(NC(=O)C(C)Sc2cccc(NC(=O)/C(=C/c3ccccc3C)NC(=O)c3ccccc3)c2)sc2c1CCCC2. The van der Waals surface area contributed by atoms with Gasteiger partial charge in [0, 0.05) is 21.0 Å². The van der Waals surface area contributed by atoms with Crippen molar-refractivity contribution in [3.63, 3.8) is 0 Å². The van der Waals surface area contributed by atoms with Gasteiger partial charge in [-0.2, -0.15) is 0 Å². The van der Waals surface area contributed by atoms with Gasteiger partial charge in [-0.25, -0.2) is 4.79 Å². The van der Waals surface area contributed by atoms with E-state index in [0.717, 1.165) is 52.1 Å². The van der Waals surface area contributed by atoms with Crippen molar-refractivity contribution in [2.45, 2.75) is 56.6 Å². The summed E-state index contributed by atoms with van der Waals surface area (Å²) in [4.78, 5) is 54.6. The molecule has 0 saturated heterocycles. The first-order valence-electron chi connectivity index (χ1n) is 15.6. The topological polar surface area (TPSA) is 114 Å². The normalized spacial score (nSPS) is 13.2. The molecule has 0 fully saturated rings. The third-order valence-corrected chi connectivity index (χ3v) is 9.98. The monoisotopic (exact) mass is 667 g/mol. The number of fused-ring (bicyclic) bond motifs is 1. The van der Waals surface area contributed by atoms with Crippen LogP contribution in [0.25, 0.3) is 6.08 Å². The average molecular weight is 668 g/mol. The summed E-state index contributed by atoms with van der Waals surface area (Å²) in [7, 11) is 0. The summed E-state index contributed by atoms with van der Waals surface area (Å²) in [6.45, 7) is 5.76. The second kappa shape index (κ2) is 15.8. The molecule has 3 aromatic carbocycles. The molecule has 8 nitrogen and oxygen atoms in total. The van der Waals surface area contributed by atoms with E-state index >= 15 is 0 Å². The lowest BCUT2D eigenvalue weighted by Crippen LogP contribution is -2.30. The number of anilines is 2. The maximum atomic E-state index is 13.6. The van der Waals surface area contributed by atoms with Crippen molar-refractivity contribution < 1.29 is 23.9 Å². The highest BCUT2D eigenvalue weighted by Gasteiger charge is 2.28. The molecule has 1 aliphatic carbocycles. The number of carbonyl (C=O) groups excluding carboxylic acids is 4. The van der Waals surface area contributed by atoms with E-state index in [0.29, 0.717) is 21.8 Å². The number of aryl methyl sites for hydroxylation is 2. The molecule has 47 heavy (non-hydrogen) atoms. The van der Waals surface area contributed by atoms with Gasteiger partial charge in [0.05, 0.1) is 17.4 Å². The van der Waals surface area contributed by atoms with Gasteiger partial charge < -0.3 is 20.7 Å². The number of thioether (sulfide) groups is 1. The van der Waals surface area contributed by atoms with Crippen LogP contribution in [0.1, 0.15) is 69.0 Å². The van der Waals surface area contributed by atoms with Crippen LogP contribution in [0.2, 0.25) is 0 Å². The Labute approximate surface area is 283 Å². The minimum absolute atomic E-state index is 0.0926. The van der Waals surface area contributed by atoms with Crippen molar-refractivity contribution in [3.05, 3.63) is 117 Å². The molecular formula is C37H37N3O5S2. The zero-order valence-electron chi connectivity index (χ0n) is 26.6. The Morgan fingerprint density at radius 2 is 1.68 bits per heavy atom. The molecule has 1 aliphatic rings. The lowest BCUT2D eigenvalue weighted by molar-refractivity contribution is -0.115. The third kappa shape index (κ3) is 8.58. The molecule has 0 aliphatic heterocycles. The number of carbonyl (C=O) groups is 4. The van der Waals surface area contributed by atoms with Crippen LogP contribution in [0, 0.1) is 6.92 Å². The molecule has 1 unspecified atom stereocenters. The highest BCUT2D eigenvalue weighted by atomic mass is 32.2. The molecular weight excluding hydrogens is 631 g/mol. The van der Waals surface area contributed by atoms with Crippen LogP contribution < -0.4 is 16.0 Å². The molecule has 0 bridgehead atoms. The molecule has 10 heteroatoms. The Morgan fingerprint density at radius 1 is 0.936 bits per heavy atom. The zero-order valence-corrected chi connectivity index (χ0v) is 28.2. The maximum Gasteiger partial charge on any atom is 0.341 e. The number of nitrogens with one attached hydrogen (secondary N) is 3. The molecule has 0 radical (unpaired) electrons. The lowest BCUT2D eigenvalue weighted by Gasteiger charge is -2.15.